The number of carbonyl (C=O) groups excluding carboxylic acids is 1. The molecule has 104 valence electrons. The molecule has 7 nitrogen and oxygen atoms in total. The van der Waals surface area contributed by atoms with Gasteiger partial charge in [-0.05, 0) is 12.3 Å². The van der Waals surface area contributed by atoms with Crippen LogP contribution in [0.15, 0.2) is 0 Å². The van der Waals surface area contributed by atoms with Gasteiger partial charge in [-0.25, -0.2) is 9.59 Å². The average molecular weight is 260 g/mol. The summed E-state index contributed by atoms with van der Waals surface area (Å²) in [6, 6.07) is -1.46. The molecule has 1 aliphatic carbocycles. The molecule has 1 unspecified atom stereocenters. The van der Waals surface area contributed by atoms with Gasteiger partial charge < -0.3 is 25.5 Å². The second-order valence-electron chi connectivity index (χ2n) is 4.45. The number of hydrogen-bond acceptors (Lipinski definition) is 4. The molecule has 4 N–H and O–H groups in total. The third-order valence-corrected chi connectivity index (χ3v) is 2.89. The topological polar surface area (TPSA) is 110 Å². The molecular weight excluding hydrogens is 240 g/mol. The molecule has 0 radical (unpaired) electrons. The standard InChI is InChI=1S/C11H20N2O5/c14-5-3-13(4-6-15)11(18)12-9(10(16)17)7-8-1-2-8/h8-9,14-15H,1-7H2,(H,12,18)(H,16,17). The van der Waals surface area contributed by atoms with Crippen LogP contribution in [0.25, 0.3) is 0 Å². The van der Waals surface area contributed by atoms with E-state index in [4.69, 9.17) is 15.3 Å². The fraction of sp³-hybridized carbons (Fsp3) is 0.818. The van der Waals surface area contributed by atoms with Gasteiger partial charge in [0.25, 0.3) is 0 Å². The fourth-order valence-electron chi connectivity index (χ4n) is 1.71. The first-order valence-corrected chi connectivity index (χ1v) is 6.08. The molecule has 0 heterocycles. The number of amides is 2. The molecular formula is C11H20N2O5. The van der Waals surface area contributed by atoms with Crippen LogP contribution >= 0.6 is 0 Å². The molecule has 0 spiro atoms. The number of carboxylic acids is 1. The van der Waals surface area contributed by atoms with Crippen LogP contribution in [0.4, 0.5) is 4.79 Å². The zero-order valence-corrected chi connectivity index (χ0v) is 10.2. The van der Waals surface area contributed by atoms with Gasteiger partial charge in [0.2, 0.25) is 0 Å². The SMILES string of the molecule is O=C(O)C(CC1CC1)NC(=O)N(CCO)CCO. The molecule has 0 aliphatic heterocycles. The van der Waals surface area contributed by atoms with Gasteiger partial charge in [-0.3, -0.25) is 0 Å². The summed E-state index contributed by atoms with van der Waals surface area (Å²) in [5.74, 6) is -0.668. The normalized spacial score (nSPS) is 16.1. The molecule has 0 saturated heterocycles. The molecule has 7 heteroatoms. The summed E-state index contributed by atoms with van der Waals surface area (Å²) < 4.78 is 0. The molecule has 1 atom stereocenters. The van der Waals surface area contributed by atoms with Gasteiger partial charge in [-0.2, -0.15) is 0 Å². The van der Waals surface area contributed by atoms with E-state index in [-0.39, 0.29) is 26.3 Å². The monoisotopic (exact) mass is 260 g/mol. The van der Waals surface area contributed by atoms with Crippen LogP contribution in [0.5, 0.6) is 0 Å². The Morgan fingerprint density at radius 3 is 2.17 bits per heavy atom. The van der Waals surface area contributed by atoms with Crippen molar-refractivity contribution in [2.45, 2.75) is 25.3 Å². The lowest BCUT2D eigenvalue weighted by atomic mass is 10.1. The Labute approximate surface area is 105 Å². The fourth-order valence-corrected chi connectivity index (χ4v) is 1.71. The van der Waals surface area contributed by atoms with Crippen LogP contribution in [0, 0.1) is 5.92 Å². The molecule has 1 aliphatic rings. The third-order valence-electron chi connectivity index (χ3n) is 2.89. The Hall–Kier alpha value is -1.34. The summed E-state index contributed by atoms with van der Waals surface area (Å²) in [7, 11) is 0. The van der Waals surface area contributed by atoms with Crippen molar-refractivity contribution in [3.63, 3.8) is 0 Å². The maximum absolute atomic E-state index is 11.8. The highest BCUT2D eigenvalue weighted by Gasteiger charge is 2.31. The van der Waals surface area contributed by atoms with Crippen LogP contribution in [0.1, 0.15) is 19.3 Å². The largest absolute Gasteiger partial charge is 0.480 e. The summed E-state index contributed by atoms with van der Waals surface area (Å²) >= 11 is 0. The van der Waals surface area contributed by atoms with Gasteiger partial charge in [-0.1, -0.05) is 12.8 Å². The Balaban J connectivity index is 2.48. The van der Waals surface area contributed by atoms with E-state index in [2.05, 4.69) is 5.32 Å². The number of carboxylic acid groups (broad SMARTS) is 1. The van der Waals surface area contributed by atoms with Crippen LogP contribution in [0.2, 0.25) is 0 Å². The maximum atomic E-state index is 11.8. The highest BCUT2D eigenvalue weighted by atomic mass is 16.4. The first-order chi connectivity index (χ1) is 8.58. The summed E-state index contributed by atoms with van der Waals surface area (Å²) in [5.41, 5.74) is 0. The van der Waals surface area contributed by atoms with E-state index >= 15 is 0 Å². The molecule has 0 aromatic carbocycles. The summed E-state index contributed by atoms with van der Waals surface area (Å²) in [4.78, 5) is 24.0. The lowest BCUT2D eigenvalue weighted by Gasteiger charge is -2.23. The van der Waals surface area contributed by atoms with E-state index in [1.807, 2.05) is 0 Å². The zero-order chi connectivity index (χ0) is 13.5. The quantitative estimate of drug-likeness (QED) is 0.458. The van der Waals surface area contributed by atoms with Crippen molar-refractivity contribution in [2.75, 3.05) is 26.3 Å². The summed E-state index contributed by atoms with van der Waals surface area (Å²) in [6.45, 7) is -0.314. The predicted octanol–water partition coefficient (Wildman–Crippen LogP) is -0.764. The van der Waals surface area contributed by atoms with Gasteiger partial charge in [-0.15, -0.1) is 0 Å². The Morgan fingerprint density at radius 1 is 1.22 bits per heavy atom. The van der Waals surface area contributed by atoms with Crippen molar-refractivity contribution in [1.29, 1.82) is 0 Å². The highest BCUT2D eigenvalue weighted by Crippen LogP contribution is 2.33. The molecule has 18 heavy (non-hydrogen) atoms. The van der Waals surface area contributed by atoms with Crippen LogP contribution in [-0.2, 0) is 4.79 Å². The number of nitrogens with zero attached hydrogens (tertiary/aromatic N) is 1. The van der Waals surface area contributed by atoms with E-state index in [9.17, 15) is 9.59 Å². The summed E-state index contributed by atoms with van der Waals surface area (Å²) in [5, 5.41) is 29.0. The van der Waals surface area contributed by atoms with Crippen molar-refractivity contribution in [2.24, 2.45) is 5.92 Å². The van der Waals surface area contributed by atoms with Crippen LogP contribution < -0.4 is 5.32 Å². The number of aliphatic hydroxyl groups excluding tert-OH is 2. The molecule has 1 rings (SSSR count). The maximum Gasteiger partial charge on any atom is 0.326 e. The van der Waals surface area contributed by atoms with Crippen LogP contribution in [-0.4, -0.2) is 64.6 Å². The van der Waals surface area contributed by atoms with Crippen molar-refractivity contribution < 1.29 is 24.9 Å². The first-order valence-electron chi connectivity index (χ1n) is 6.08. The highest BCUT2D eigenvalue weighted by molar-refractivity contribution is 5.82. The molecule has 1 fully saturated rings. The number of nitrogens with one attached hydrogen (secondary N) is 1. The van der Waals surface area contributed by atoms with E-state index < -0.39 is 18.0 Å². The second kappa shape index (κ2) is 7.17. The van der Waals surface area contributed by atoms with Gasteiger partial charge in [0.1, 0.15) is 6.04 Å². The smallest absolute Gasteiger partial charge is 0.326 e. The van der Waals surface area contributed by atoms with E-state index in [1.54, 1.807) is 0 Å². The minimum absolute atomic E-state index is 0.0716. The molecule has 2 amide bonds. The lowest BCUT2D eigenvalue weighted by Crippen LogP contribution is -2.49. The lowest BCUT2D eigenvalue weighted by molar-refractivity contribution is -0.139. The zero-order valence-electron chi connectivity index (χ0n) is 10.2. The number of rotatable bonds is 8. The van der Waals surface area contributed by atoms with Crippen LogP contribution in [0.3, 0.4) is 0 Å². The third kappa shape index (κ3) is 4.89. The number of hydrogen-bond donors (Lipinski definition) is 4. The Kier molecular flexibility index (Phi) is 5.87. The Bertz CT molecular complexity index is 287. The van der Waals surface area contributed by atoms with E-state index in [1.165, 1.54) is 4.90 Å². The van der Waals surface area contributed by atoms with Crippen molar-refractivity contribution >= 4 is 12.0 Å². The van der Waals surface area contributed by atoms with Gasteiger partial charge in [0, 0.05) is 13.1 Å². The van der Waals surface area contributed by atoms with E-state index in [0.29, 0.717) is 12.3 Å². The second-order valence-corrected chi connectivity index (χ2v) is 4.45. The van der Waals surface area contributed by atoms with Crippen molar-refractivity contribution in [3.05, 3.63) is 0 Å². The predicted molar refractivity (Wildman–Crippen MR) is 63.0 cm³/mol. The Morgan fingerprint density at radius 2 is 1.78 bits per heavy atom. The van der Waals surface area contributed by atoms with Gasteiger partial charge >= 0.3 is 12.0 Å². The summed E-state index contributed by atoms with van der Waals surface area (Å²) in [6.07, 6.45) is 2.46. The molecule has 0 bridgehead atoms. The number of urea groups is 1. The first kappa shape index (κ1) is 14.7. The number of aliphatic hydroxyl groups is 2. The van der Waals surface area contributed by atoms with E-state index in [0.717, 1.165) is 12.8 Å². The number of carbonyl (C=O) groups is 2. The van der Waals surface area contributed by atoms with Gasteiger partial charge in [0.05, 0.1) is 13.2 Å². The minimum atomic E-state index is -1.05. The van der Waals surface area contributed by atoms with Crippen molar-refractivity contribution in [3.8, 4) is 0 Å². The molecule has 1 saturated carbocycles. The number of aliphatic carboxylic acids is 1. The van der Waals surface area contributed by atoms with Crippen molar-refractivity contribution in [1.82, 2.24) is 10.2 Å². The molecule has 0 aromatic heterocycles. The minimum Gasteiger partial charge on any atom is -0.480 e. The van der Waals surface area contributed by atoms with Gasteiger partial charge in [0.15, 0.2) is 0 Å². The average Bonchev–Trinajstić information content (AvgIpc) is 3.11. The molecule has 0 aromatic rings.